The van der Waals surface area contributed by atoms with Crippen LogP contribution in [0.15, 0.2) is 43.0 Å². The van der Waals surface area contributed by atoms with Gasteiger partial charge in [0.1, 0.15) is 0 Å². The van der Waals surface area contributed by atoms with E-state index in [1.54, 1.807) is 34.5 Å². The predicted molar refractivity (Wildman–Crippen MR) is 376 cm³/mol. The number of benzene rings is 1. The summed E-state index contributed by atoms with van der Waals surface area (Å²) in [7, 11) is 0. The average molecular weight is 1360 g/mol. The lowest BCUT2D eigenvalue weighted by Crippen LogP contribution is -2.79. The summed E-state index contributed by atoms with van der Waals surface area (Å²) in [5.74, 6) is 19.4. The summed E-state index contributed by atoms with van der Waals surface area (Å²) in [5.41, 5.74) is 34.4. The maximum Gasteiger partial charge on any atom is 0.338 e. The van der Waals surface area contributed by atoms with Gasteiger partial charge in [0, 0.05) is 92.9 Å². The number of rotatable bonds is 59. The molecule has 0 aliphatic rings. The number of nitrogens with one attached hydrogen (secondary N) is 3. The number of nitrogens with zero attached hydrogens (tertiary/aromatic N) is 4. The summed E-state index contributed by atoms with van der Waals surface area (Å²) >= 11 is 14.2. The zero-order valence-corrected chi connectivity index (χ0v) is 57.7. The highest BCUT2D eigenvalue weighted by molar-refractivity contribution is 8.01. The van der Waals surface area contributed by atoms with Crippen molar-refractivity contribution < 1.29 is 49.2 Å². The summed E-state index contributed by atoms with van der Waals surface area (Å²) in [5, 5.41) is 21.6. The van der Waals surface area contributed by atoms with E-state index in [0.717, 1.165) is 132 Å². The number of carbonyl (C=O) groups excluding carboxylic acids is 4. The first-order chi connectivity index (χ1) is 41.7. The molecular formula is C57H109N14O7S8+3. The van der Waals surface area contributed by atoms with Gasteiger partial charge in [-0.1, -0.05) is 36.4 Å². The van der Waals surface area contributed by atoms with Crippen LogP contribution in [0, 0.1) is 0 Å². The first-order valence-corrected chi connectivity index (χ1v) is 39.3. The van der Waals surface area contributed by atoms with E-state index in [1.165, 1.54) is 11.8 Å². The van der Waals surface area contributed by atoms with Crippen LogP contribution in [0.5, 0.6) is 0 Å². The van der Waals surface area contributed by atoms with E-state index in [2.05, 4.69) is 26.4 Å². The molecule has 0 aliphatic heterocycles. The zero-order chi connectivity index (χ0) is 63.1. The third-order valence-corrected chi connectivity index (χ3v) is 21.6. The Morgan fingerprint density at radius 3 is 1.26 bits per heavy atom. The molecule has 494 valence electrons. The van der Waals surface area contributed by atoms with Gasteiger partial charge < -0.3 is 34.7 Å². The van der Waals surface area contributed by atoms with Crippen LogP contribution in [0.1, 0.15) is 82.6 Å². The molecule has 1 aromatic carbocycles. The number of guanidine groups is 3. The van der Waals surface area contributed by atoms with Crippen molar-refractivity contribution in [3.63, 3.8) is 0 Å². The Morgan fingerprint density at radius 1 is 0.453 bits per heavy atom. The van der Waals surface area contributed by atoms with Crippen molar-refractivity contribution in [2.24, 2.45) is 40.3 Å². The fraction of sp³-hybridized carbons (Fsp3) is 0.737. The topological polar surface area (TPSA) is 355 Å². The quantitative estimate of drug-likeness (QED) is 0.0121. The molecule has 2 atom stereocenters. The van der Waals surface area contributed by atoms with Gasteiger partial charge in [-0.25, -0.2) is 5.90 Å². The van der Waals surface area contributed by atoms with Crippen molar-refractivity contribution in [2.45, 2.75) is 95.8 Å². The first kappa shape index (κ1) is 81.3. The van der Waals surface area contributed by atoms with Crippen LogP contribution in [0.4, 0.5) is 0 Å². The van der Waals surface area contributed by atoms with Gasteiger partial charge in [-0.2, -0.15) is 94.1 Å². The van der Waals surface area contributed by atoms with Gasteiger partial charge in [-0.3, -0.25) is 68.6 Å². The zero-order valence-electron chi connectivity index (χ0n) is 51.1. The highest BCUT2D eigenvalue weighted by Crippen LogP contribution is 2.18. The SMILES string of the molecule is C=CCN(CC[NH+]=C(N)N)C(=O)CCSCCCSCCCCN(CC[NH+]=C(N)N)C(=O)CCSCC(O)C(O)CSCCCN(Cc1ccccc1)C(=O)CCSCCCSCCCN(CC[NH+]=C(N)N)C(=O)CCSCCCSCCCON. The number of hydrogen-bond donors (Lipinski definition) is 12. The summed E-state index contributed by atoms with van der Waals surface area (Å²) in [6, 6.07) is 10.0. The van der Waals surface area contributed by atoms with Gasteiger partial charge in [0.15, 0.2) is 0 Å². The fourth-order valence-corrected chi connectivity index (χ4v) is 15.9. The Morgan fingerprint density at radius 2 is 0.802 bits per heavy atom. The maximum absolute atomic E-state index is 13.5. The second-order valence-corrected chi connectivity index (χ2v) is 29.6. The molecule has 0 fully saturated rings. The molecule has 0 saturated heterocycles. The lowest BCUT2D eigenvalue weighted by Gasteiger charge is -2.23. The summed E-state index contributed by atoms with van der Waals surface area (Å²) in [4.78, 5) is 73.4. The predicted octanol–water partition coefficient (Wildman–Crippen LogP) is -1.09. The molecule has 1 aromatic rings. The third-order valence-electron chi connectivity index (χ3n) is 12.7. The summed E-state index contributed by atoms with van der Waals surface area (Å²) in [6.07, 6.45) is 9.38. The van der Waals surface area contributed by atoms with Gasteiger partial charge in [0.05, 0.1) is 58.1 Å². The second kappa shape index (κ2) is 57.4. The van der Waals surface area contributed by atoms with Gasteiger partial charge in [-0.15, -0.1) is 6.58 Å². The number of aliphatic hydroxyl groups excluding tert-OH is 2. The van der Waals surface area contributed by atoms with Crippen molar-refractivity contribution in [3.05, 3.63) is 48.6 Å². The van der Waals surface area contributed by atoms with Gasteiger partial charge >= 0.3 is 17.9 Å². The molecule has 0 heterocycles. The smallest absolute Gasteiger partial charge is 0.338 e. The van der Waals surface area contributed by atoms with Crippen LogP contribution in [0.3, 0.4) is 0 Å². The fourth-order valence-electron chi connectivity index (χ4n) is 8.07. The minimum Gasteiger partial charge on any atom is -0.390 e. The largest absolute Gasteiger partial charge is 0.390 e. The van der Waals surface area contributed by atoms with Gasteiger partial charge in [-0.05, 0) is 114 Å². The third kappa shape index (κ3) is 48.2. The minimum absolute atomic E-state index is 0.0290. The number of thioether (sulfide) groups is 8. The van der Waals surface area contributed by atoms with E-state index < -0.39 is 12.2 Å². The molecule has 1 rings (SSSR count). The number of amides is 4. The summed E-state index contributed by atoms with van der Waals surface area (Å²) < 4.78 is 0. The molecule has 4 amide bonds. The number of carbonyl (C=O) groups is 4. The number of unbranched alkanes of at least 4 members (excludes halogenated alkanes) is 1. The van der Waals surface area contributed by atoms with Crippen molar-refractivity contribution in [1.82, 2.24) is 19.6 Å². The molecule has 0 saturated carbocycles. The number of nitrogens with two attached hydrogens (primary N) is 7. The van der Waals surface area contributed by atoms with Crippen LogP contribution in [-0.2, 0) is 30.6 Å². The molecule has 86 heavy (non-hydrogen) atoms. The highest BCUT2D eigenvalue weighted by Gasteiger charge is 2.20. The Bertz CT molecular complexity index is 1990. The molecule has 19 N–H and O–H groups in total. The molecular weight excluding hydrogens is 1250 g/mol. The van der Waals surface area contributed by atoms with E-state index >= 15 is 0 Å². The Balaban J connectivity index is 2.37. The Kier molecular flexibility index (Phi) is 54.3. The maximum atomic E-state index is 13.5. The van der Waals surface area contributed by atoms with Crippen LogP contribution >= 0.6 is 94.1 Å². The summed E-state index contributed by atoms with van der Waals surface area (Å²) in [6.45, 7) is 10.3. The standard InChI is InChI=1S/C57H106N14O7S8/c1-2-23-68(27-20-65-55(58)59)51(74)16-41-82-38-11-35-79-31-7-6-24-69(28-21-66-56(60)61)53(76)19-44-86-47-50(73)49(72)46-85-33-9-26-71(45-48-14-4-3-5-15-48)54(77)18-43-84-39-12-36-80-32-8-25-70(29-22-67-57(62)63)52(75)17-42-83-40-13-37-81-34-10-30-78-64/h2-5,14-15,49-50,72-73H,1,6-13,16-47,64H2,(H4,58,59,65)(H4,60,61,66)(H4,62,63,67)/p+3. The van der Waals surface area contributed by atoms with E-state index in [-0.39, 0.29) is 41.5 Å². The molecule has 2 unspecified atom stereocenters. The normalized spacial score (nSPS) is 11.8. The van der Waals surface area contributed by atoms with Gasteiger partial charge in [0.25, 0.3) is 0 Å². The molecule has 21 nitrogen and oxygen atoms in total. The lowest BCUT2D eigenvalue weighted by molar-refractivity contribution is -0.459. The van der Waals surface area contributed by atoms with Crippen molar-refractivity contribution >= 4 is 136 Å². The minimum atomic E-state index is -0.923. The van der Waals surface area contributed by atoms with Crippen molar-refractivity contribution in [2.75, 3.05) is 164 Å². The van der Waals surface area contributed by atoms with Crippen LogP contribution in [-0.4, -0.2) is 248 Å². The lowest BCUT2D eigenvalue weighted by atomic mass is 10.2. The van der Waals surface area contributed by atoms with Crippen LogP contribution in [0.2, 0.25) is 0 Å². The van der Waals surface area contributed by atoms with Crippen molar-refractivity contribution in [1.29, 1.82) is 0 Å². The average Bonchev–Trinajstić information content (AvgIpc) is 3.53. The number of hydrogen-bond acceptors (Lipinski definition) is 16. The van der Waals surface area contributed by atoms with Gasteiger partial charge in [0.2, 0.25) is 23.6 Å². The van der Waals surface area contributed by atoms with Crippen LogP contribution in [0.25, 0.3) is 0 Å². The van der Waals surface area contributed by atoms with E-state index in [0.29, 0.717) is 122 Å². The monoisotopic (exact) mass is 1360 g/mol. The van der Waals surface area contributed by atoms with E-state index in [9.17, 15) is 29.4 Å². The Labute approximate surface area is 549 Å². The molecule has 0 radical (unpaired) electrons. The van der Waals surface area contributed by atoms with Crippen molar-refractivity contribution in [3.8, 4) is 0 Å². The molecule has 0 aromatic heterocycles. The first-order valence-electron chi connectivity index (χ1n) is 30.1. The molecule has 0 bridgehead atoms. The van der Waals surface area contributed by atoms with E-state index in [1.807, 2.05) is 104 Å². The molecule has 0 spiro atoms. The highest BCUT2D eigenvalue weighted by atomic mass is 32.2. The Hall–Kier alpha value is -2.71. The van der Waals surface area contributed by atoms with Crippen LogP contribution < -0.4 is 55.3 Å². The van der Waals surface area contributed by atoms with E-state index in [4.69, 9.17) is 40.3 Å². The molecule has 0 aliphatic carbocycles. The second-order valence-electron chi connectivity index (χ2n) is 20.0. The molecule has 29 heteroatoms. The number of aliphatic hydroxyl groups is 2.